The van der Waals surface area contributed by atoms with Gasteiger partial charge in [-0.05, 0) is 42.8 Å². The third-order valence-corrected chi connectivity index (χ3v) is 5.88. The molecule has 22 heavy (non-hydrogen) atoms. The van der Waals surface area contributed by atoms with Crippen LogP contribution in [-0.2, 0) is 4.43 Å². The van der Waals surface area contributed by atoms with Crippen molar-refractivity contribution < 1.29 is 9.53 Å². The molecule has 0 heterocycles. The van der Waals surface area contributed by atoms with Crippen LogP contribution < -0.4 is 0 Å². The van der Waals surface area contributed by atoms with Gasteiger partial charge in [-0.15, -0.1) is 0 Å². The van der Waals surface area contributed by atoms with E-state index in [-0.39, 0.29) is 11.3 Å². The van der Waals surface area contributed by atoms with E-state index in [4.69, 9.17) is 4.43 Å². The first-order valence-corrected chi connectivity index (χ1v) is 11.4. The minimum Gasteiger partial charge on any atom is -0.418 e. The average Bonchev–Trinajstić information content (AvgIpc) is 2.45. The van der Waals surface area contributed by atoms with E-state index < -0.39 is 14.6 Å². The summed E-state index contributed by atoms with van der Waals surface area (Å²) in [4.78, 5) is 0. The summed E-state index contributed by atoms with van der Waals surface area (Å²) in [5.41, 5.74) is 0.720. The molecule has 3 atom stereocenters. The average molecular weight is 321 g/mol. The maximum Gasteiger partial charge on any atom is 0.171 e. The maximum atomic E-state index is 11.5. The second kappa shape index (κ2) is 6.86. The van der Waals surface area contributed by atoms with E-state index in [1.54, 1.807) is 0 Å². The van der Waals surface area contributed by atoms with Gasteiger partial charge >= 0.3 is 0 Å². The molecular weight excluding hydrogens is 288 g/mol. The quantitative estimate of drug-likeness (QED) is 0.836. The Hall–Kier alpha value is -0.643. The summed E-state index contributed by atoms with van der Waals surface area (Å²) < 4.78 is 5.99. The van der Waals surface area contributed by atoms with E-state index in [0.29, 0.717) is 12.5 Å². The van der Waals surface area contributed by atoms with Gasteiger partial charge in [-0.2, -0.15) is 0 Å². The van der Waals surface area contributed by atoms with Crippen LogP contribution in [0.5, 0.6) is 0 Å². The minimum absolute atomic E-state index is 0.162. The van der Waals surface area contributed by atoms with Crippen molar-refractivity contribution in [1.29, 1.82) is 0 Å². The van der Waals surface area contributed by atoms with Crippen LogP contribution in [0.4, 0.5) is 0 Å². The minimum atomic E-state index is -1.13. The van der Waals surface area contributed by atoms with Crippen molar-refractivity contribution in [2.45, 2.75) is 64.6 Å². The molecule has 0 aromatic heterocycles. The van der Waals surface area contributed by atoms with Crippen molar-refractivity contribution in [2.24, 2.45) is 11.3 Å². The molecule has 2 rings (SSSR count). The fourth-order valence-corrected chi connectivity index (χ4v) is 4.56. The largest absolute Gasteiger partial charge is 0.418 e. The van der Waals surface area contributed by atoms with Crippen molar-refractivity contribution in [3.05, 3.63) is 35.9 Å². The summed E-state index contributed by atoms with van der Waals surface area (Å²) in [6.45, 7) is 11.7. The smallest absolute Gasteiger partial charge is 0.171 e. The van der Waals surface area contributed by atoms with E-state index in [9.17, 15) is 5.11 Å². The first-order valence-electron chi connectivity index (χ1n) is 8.63. The second-order valence-corrected chi connectivity index (χ2v) is 10.6. The Morgan fingerprint density at radius 2 is 1.86 bits per heavy atom. The summed E-state index contributed by atoms with van der Waals surface area (Å²) >= 11 is 0. The second-order valence-electron chi connectivity index (χ2n) is 8.22. The summed E-state index contributed by atoms with van der Waals surface area (Å²) in [5.74, 6) is 0.640. The van der Waals surface area contributed by atoms with E-state index >= 15 is 0 Å². The molecule has 0 saturated heterocycles. The molecule has 1 aromatic carbocycles. The third kappa shape index (κ3) is 4.00. The van der Waals surface area contributed by atoms with Crippen LogP contribution in [0.1, 0.15) is 51.5 Å². The van der Waals surface area contributed by atoms with Gasteiger partial charge < -0.3 is 9.53 Å². The van der Waals surface area contributed by atoms with Gasteiger partial charge in [0.05, 0.1) is 12.2 Å². The van der Waals surface area contributed by atoms with Crippen LogP contribution >= 0.6 is 0 Å². The Bertz CT molecular complexity index is 466. The lowest BCUT2D eigenvalue weighted by atomic mass is 9.59. The van der Waals surface area contributed by atoms with E-state index in [1.807, 2.05) is 0 Å². The first kappa shape index (κ1) is 17.7. The summed E-state index contributed by atoms with van der Waals surface area (Å²) in [6.07, 6.45) is 3.12. The highest BCUT2D eigenvalue weighted by Crippen LogP contribution is 2.51. The van der Waals surface area contributed by atoms with Crippen LogP contribution in [0, 0.1) is 11.3 Å². The lowest BCUT2D eigenvalue weighted by molar-refractivity contribution is -0.0883. The third-order valence-electron chi connectivity index (χ3n) is 5.04. The molecule has 0 unspecified atom stereocenters. The number of hydrogen-bond acceptors (Lipinski definition) is 2. The van der Waals surface area contributed by atoms with Gasteiger partial charge in [-0.3, -0.25) is 0 Å². The maximum absolute atomic E-state index is 11.5. The molecule has 0 aliphatic heterocycles. The summed E-state index contributed by atoms with van der Waals surface area (Å²) in [6, 6.07) is 10.6. The molecule has 2 nitrogen and oxygen atoms in total. The van der Waals surface area contributed by atoms with Crippen LogP contribution in [0.25, 0.3) is 0 Å². The molecule has 1 fully saturated rings. The van der Waals surface area contributed by atoms with Crippen molar-refractivity contribution in [3.8, 4) is 0 Å². The Kier molecular flexibility index (Phi) is 5.52. The summed E-state index contributed by atoms with van der Waals surface area (Å²) in [7, 11) is -1.13. The predicted molar refractivity (Wildman–Crippen MR) is 95.8 cm³/mol. The molecule has 1 N–H and O–H groups in total. The Morgan fingerprint density at radius 1 is 1.23 bits per heavy atom. The molecule has 1 aliphatic rings. The van der Waals surface area contributed by atoms with Crippen molar-refractivity contribution in [3.63, 3.8) is 0 Å². The number of benzene rings is 1. The Balaban J connectivity index is 2.38. The van der Waals surface area contributed by atoms with Gasteiger partial charge in [0.2, 0.25) is 0 Å². The van der Waals surface area contributed by atoms with Crippen LogP contribution in [0.15, 0.2) is 30.3 Å². The normalized spacial score (nSPS) is 29.8. The van der Waals surface area contributed by atoms with Gasteiger partial charge in [0.25, 0.3) is 0 Å². The molecule has 3 heteroatoms. The van der Waals surface area contributed by atoms with E-state index in [2.05, 4.69) is 64.2 Å². The molecule has 124 valence electrons. The lowest BCUT2D eigenvalue weighted by Crippen LogP contribution is -2.50. The molecule has 0 spiro atoms. The molecule has 1 aliphatic carbocycles. The lowest BCUT2D eigenvalue weighted by Gasteiger charge is -2.50. The molecular formula is C19H32O2Si. The molecule has 0 radical (unpaired) electrons. The van der Waals surface area contributed by atoms with Crippen LogP contribution in [0.3, 0.4) is 0 Å². The highest BCUT2D eigenvalue weighted by atomic mass is 28.3. The molecule has 1 saturated carbocycles. The van der Waals surface area contributed by atoms with Gasteiger partial charge in [-0.25, -0.2) is 0 Å². The molecule has 0 amide bonds. The van der Waals surface area contributed by atoms with Crippen LogP contribution in [-0.4, -0.2) is 26.4 Å². The number of hydrogen-bond donors (Lipinski definition) is 1. The Morgan fingerprint density at radius 3 is 2.41 bits per heavy atom. The fourth-order valence-electron chi connectivity index (χ4n) is 3.93. The van der Waals surface area contributed by atoms with Gasteiger partial charge in [-0.1, -0.05) is 57.5 Å². The zero-order valence-electron chi connectivity index (χ0n) is 14.8. The van der Waals surface area contributed by atoms with Crippen molar-refractivity contribution in [2.75, 3.05) is 6.61 Å². The standard InChI is InChI=1S/C19H32O2Si/c1-18(2,3)16-12-9-13-19(20,14-21-22(4)5)17(16)15-10-7-6-8-11-15/h6-8,10-11,16-17,20,22H,9,12-14H2,1-5H3/t16-,17-,19-/m0/s1. The zero-order chi connectivity index (χ0) is 16.4. The Labute approximate surface area is 137 Å². The monoisotopic (exact) mass is 320 g/mol. The van der Waals surface area contributed by atoms with Crippen LogP contribution in [0.2, 0.25) is 13.1 Å². The van der Waals surface area contributed by atoms with Gasteiger partial charge in [0.1, 0.15) is 0 Å². The highest BCUT2D eigenvalue weighted by Gasteiger charge is 2.48. The summed E-state index contributed by atoms with van der Waals surface area (Å²) in [5, 5.41) is 11.5. The zero-order valence-corrected chi connectivity index (χ0v) is 16.0. The SMILES string of the molecule is C[SiH](C)OC[C@@]1(O)CCC[C@H](C(C)(C)C)[C@@H]1c1ccccc1. The molecule has 0 bridgehead atoms. The molecule has 1 aromatic rings. The predicted octanol–water partition coefficient (Wildman–Crippen LogP) is 4.35. The van der Waals surface area contributed by atoms with Crippen molar-refractivity contribution in [1.82, 2.24) is 0 Å². The first-order chi connectivity index (χ1) is 10.2. The van der Waals surface area contributed by atoms with Crippen molar-refractivity contribution >= 4 is 9.04 Å². The van der Waals surface area contributed by atoms with E-state index in [1.165, 1.54) is 12.0 Å². The fraction of sp³-hybridized carbons (Fsp3) is 0.684. The number of aliphatic hydroxyl groups is 1. The van der Waals surface area contributed by atoms with E-state index in [0.717, 1.165) is 12.8 Å². The van der Waals surface area contributed by atoms with Gasteiger partial charge in [0, 0.05) is 5.92 Å². The topological polar surface area (TPSA) is 29.5 Å². The highest BCUT2D eigenvalue weighted by molar-refractivity contribution is 6.48. The van der Waals surface area contributed by atoms with Gasteiger partial charge in [0.15, 0.2) is 9.04 Å². The number of rotatable bonds is 4.